The van der Waals surface area contributed by atoms with Gasteiger partial charge in [0, 0.05) is 27.2 Å². The minimum Gasteiger partial charge on any atom is -0.375 e. The van der Waals surface area contributed by atoms with Crippen LogP contribution in [0.25, 0.3) is 0 Å². The van der Waals surface area contributed by atoms with Crippen LogP contribution < -0.4 is 10.6 Å². The van der Waals surface area contributed by atoms with Gasteiger partial charge < -0.3 is 15.4 Å². The van der Waals surface area contributed by atoms with Crippen molar-refractivity contribution < 1.29 is 4.74 Å². The van der Waals surface area contributed by atoms with Crippen LogP contribution in [0.5, 0.6) is 0 Å². The second-order valence-corrected chi connectivity index (χ2v) is 5.78. The predicted molar refractivity (Wildman–Crippen MR) is 116 cm³/mol. The third kappa shape index (κ3) is 7.04. The summed E-state index contributed by atoms with van der Waals surface area (Å²) >= 11 is 0. The van der Waals surface area contributed by atoms with Gasteiger partial charge in [-0.3, -0.25) is 4.99 Å². The molecule has 0 saturated carbocycles. The second-order valence-electron chi connectivity index (χ2n) is 5.78. The predicted octanol–water partition coefficient (Wildman–Crippen LogP) is 3.96. The van der Waals surface area contributed by atoms with Crippen molar-refractivity contribution in [3.05, 3.63) is 71.8 Å². The maximum absolute atomic E-state index is 5.58. The molecule has 0 fully saturated rings. The summed E-state index contributed by atoms with van der Waals surface area (Å²) in [7, 11) is 3.51. The van der Waals surface area contributed by atoms with E-state index in [1.807, 2.05) is 24.3 Å². The normalized spacial score (nSPS) is 13.5. The lowest BCUT2D eigenvalue weighted by Crippen LogP contribution is -2.41. The lowest BCUT2D eigenvalue weighted by molar-refractivity contribution is 0.106. The van der Waals surface area contributed by atoms with E-state index in [4.69, 9.17) is 4.74 Å². The number of benzene rings is 2. The third-order valence-corrected chi connectivity index (χ3v) is 4.08. The Morgan fingerprint density at radius 1 is 0.920 bits per heavy atom. The molecule has 0 aliphatic carbocycles. The number of methoxy groups -OCH3 is 1. The molecule has 0 amide bonds. The molecule has 0 aliphatic rings. The van der Waals surface area contributed by atoms with E-state index in [1.165, 1.54) is 5.56 Å². The second kappa shape index (κ2) is 11.9. The van der Waals surface area contributed by atoms with Gasteiger partial charge in [0.1, 0.15) is 0 Å². The Balaban J connectivity index is 0.00000312. The molecule has 2 aromatic rings. The summed E-state index contributed by atoms with van der Waals surface area (Å²) in [6.45, 7) is 3.70. The smallest absolute Gasteiger partial charge is 0.191 e. The summed E-state index contributed by atoms with van der Waals surface area (Å²) in [5.74, 6) is 1.20. The minimum absolute atomic E-state index is 0. The summed E-state index contributed by atoms with van der Waals surface area (Å²) < 4.78 is 5.58. The summed E-state index contributed by atoms with van der Waals surface area (Å²) in [6, 6.07) is 20.7. The lowest BCUT2D eigenvalue weighted by atomic mass is 10.0. The van der Waals surface area contributed by atoms with E-state index in [0.717, 1.165) is 18.1 Å². The lowest BCUT2D eigenvalue weighted by Gasteiger charge is -2.20. The van der Waals surface area contributed by atoms with E-state index < -0.39 is 0 Å². The fourth-order valence-electron chi connectivity index (χ4n) is 2.56. The molecule has 25 heavy (non-hydrogen) atoms. The van der Waals surface area contributed by atoms with Gasteiger partial charge in [0.15, 0.2) is 5.96 Å². The molecule has 2 rings (SSSR count). The zero-order valence-corrected chi connectivity index (χ0v) is 17.4. The average molecular weight is 453 g/mol. The molecule has 0 radical (unpaired) electrons. The molecule has 2 aromatic carbocycles. The van der Waals surface area contributed by atoms with E-state index >= 15 is 0 Å². The van der Waals surface area contributed by atoms with Crippen molar-refractivity contribution in [2.75, 3.05) is 27.2 Å². The summed E-state index contributed by atoms with van der Waals surface area (Å²) in [5.41, 5.74) is 2.47. The van der Waals surface area contributed by atoms with Crippen LogP contribution in [-0.2, 0) is 4.74 Å². The van der Waals surface area contributed by atoms with Crippen molar-refractivity contribution in [1.82, 2.24) is 10.6 Å². The van der Waals surface area contributed by atoms with Crippen molar-refractivity contribution in [3.63, 3.8) is 0 Å². The van der Waals surface area contributed by atoms with Gasteiger partial charge in [0.05, 0.1) is 6.10 Å². The highest BCUT2D eigenvalue weighted by Crippen LogP contribution is 2.15. The Labute approximate surface area is 168 Å². The van der Waals surface area contributed by atoms with Crippen LogP contribution in [-0.4, -0.2) is 33.2 Å². The zero-order chi connectivity index (χ0) is 17.2. The minimum atomic E-state index is -0.00343. The highest BCUT2D eigenvalue weighted by molar-refractivity contribution is 14.0. The molecule has 5 heteroatoms. The topological polar surface area (TPSA) is 45.7 Å². The van der Waals surface area contributed by atoms with Crippen LogP contribution in [0.2, 0.25) is 0 Å². The molecular weight excluding hydrogens is 425 g/mol. The van der Waals surface area contributed by atoms with Crippen molar-refractivity contribution in [3.8, 4) is 0 Å². The van der Waals surface area contributed by atoms with Gasteiger partial charge in [-0.1, -0.05) is 67.6 Å². The number of hydrogen-bond acceptors (Lipinski definition) is 2. The number of rotatable bonds is 7. The van der Waals surface area contributed by atoms with E-state index in [-0.39, 0.29) is 30.1 Å². The van der Waals surface area contributed by atoms with E-state index in [2.05, 4.69) is 58.9 Å². The van der Waals surface area contributed by atoms with Crippen molar-refractivity contribution in [1.29, 1.82) is 0 Å². The maximum Gasteiger partial charge on any atom is 0.191 e. The van der Waals surface area contributed by atoms with Crippen LogP contribution >= 0.6 is 24.0 Å². The number of nitrogens with zero attached hydrogens (tertiary/aromatic N) is 1. The Hall–Kier alpha value is -1.60. The van der Waals surface area contributed by atoms with Crippen LogP contribution in [0.3, 0.4) is 0 Å². The van der Waals surface area contributed by atoms with Gasteiger partial charge in [-0.05, 0) is 17.0 Å². The summed E-state index contributed by atoms with van der Waals surface area (Å²) in [6.07, 6.45) is -0.00343. The molecule has 2 atom stereocenters. The molecule has 0 bridgehead atoms. The molecule has 136 valence electrons. The third-order valence-electron chi connectivity index (χ3n) is 4.08. The molecular formula is C20H28IN3O. The number of guanidine groups is 1. The van der Waals surface area contributed by atoms with E-state index in [1.54, 1.807) is 14.2 Å². The van der Waals surface area contributed by atoms with E-state index in [0.29, 0.717) is 12.5 Å². The van der Waals surface area contributed by atoms with Gasteiger partial charge in [0.2, 0.25) is 0 Å². The van der Waals surface area contributed by atoms with Crippen molar-refractivity contribution in [2.24, 2.45) is 4.99 Å². The fourth-order valence-corrected chi connectivity index (χ4v) is 2.56. The monoisotopic (exact) mass is 453 g/mol. The molecule has 4 nitrogen and oxygen atoms in total. The first-order valence-electron chi connectivity index (χ1n) is 8.31. The Bertz CT molecular complexity index is 619. The van der Waals surface area contributed by atoms with Crippen molar-refractivity contribution >= 4 is 29.9 Å². The number of aliphatic imine (C=N–C) groups is 1. The average Bonchev–Trinajstić information content (AvgIpc) is 2.66. The summed E-state index contributed by atoms with van der Waals surface area (Å²) in [5, 5.41) is 6.72. The maximum atomic E-state index is 5.58. The molecule has 0 aliphatic heterocycles. The van der Waals surface area contributed by atoms with Crippen LogP contribution in [0, 0.1) is 0 Å². The first kappa shape index (κ1) is 21.4. The highest BCUT2D eigenvalue weighted by atomic mass is 127. The van der Waals surface area contributed by atoms with Crippen LogP contribution in [0.15, 0.2) is 65.7 Å². The highest BCUT2D eigenvalue weighted by Gasteiger charge is 2.11. The Morgan fingerprint density at radius 2 is 1.44 bits per heavy atom. The van der Waals surface area contributed by atoms with Gasteiger partial charge in [-0.25, -0.2) is 0 Å². The molecule has 2 unspecified atom stereocenters. The molecule has 0 heterocycles. The van der Waals surface area contributed by atoms with E-state index in [9.17, 15) is 0 Å². The van der Waals surface area contributed by atoms with Crippen molar-refractivity contribution in [2.45, 2.75) is 18.9 Å². The van der Waals surface area contributed by atoms with Crippen LogP contribution in [0.4, 0.5) is 0 Å². The largest absolute Gasteiger partial charge is 0.375 e. The number of halogens is 1. The fraction of sp³-hybridized carbons (Fsp3) is 0.350. The standard InChI is InChI=1S/C20H27N3O.HI/c1-16(17-10-6-4-7-11-17)14-22-20(21-2)23-15-19(24-3)18-12-8-5-9-13-18;/h4-13,16,19H,14-15H2,1-3H3,(H2,21,22,23);1H. The van der Waals surface area contributed by atoms with Gasteiger partial charge in [-0.2, -0.15) is 0 Å². The number of ether oxygens (including phenoxy) is 1. The molecule has 0 saturated heterocycles. The molecule has 2 N–H and O–H groups in total. The molecule has 0 aromatic heterocycles. The Kier molecular flexibility index (Phi) is 10.2. The zero-order valence-electron chi connectivity index (χ0n) is 15.1. The number of nitrogens with one attached hydrogen (secondary N) is 2. The van der Waals surface area contributed by atoms with Crippen LogP contribution in [0.1, 0.15) is 30.1 Å². The first-order valence-corrected chi connectivity index (χ1v) is 8.31. The summed E-state index contributed by atoms with van der Waals surface area (Å²) in [4.78, 5) is 4.29. The number of hydrogen-bond donors (Lipinski definition) is 2. The van der Waals surface area contributed by atoms with Gasteiger partial charge in [0.25, 0.3) is 0 Å². The van der Waals surface area contributed by atoms with Gasteiger partial charge >= 0.3 is 0 Å². The quantitative estimate of drug-likeness (QED) is 0.379. The SMILES string of the molecule is CN=C(NCC(C)c1ccccc1)NCC(OC)c1ccccc1.I. The first-order chi connectivity index (χ1) is 11.7. The van der Waals surface area contributed by atoms with Gasteiger partial charge in [-0.15, -0.1) is 24.0 Å². The molecule has 0 spiro atoms. The Morgan fingerprint density at radius 3 is 1.96 bits per heavy atom.